The molecule has 0 spiro atoms. The van der Waals surface area contributed by atoms with E-state index in [-0.39, 0.29) is 0 Å². The van der Waals surface area contributed by atoms with Crippen molar-refractivity contribution in [2.75, 3.05) is 27.2 Å². The zero-order valence-electron chi connectivity index (χ0n) is 11.2. The molecule has 0 aromatic carbocycles. The minimum absolute atomic E-state index is 0.479. The predicted octanol–water partition coefficient (Wildman–Crippen LogP) is 1.52. The second-order valence-corrected chi connectivity index (χ2v) is 4.67. The highest BCUT2D eigenvalue weighted by Gasteiger charge is 1.99. The lowest BCUT2D eigenvalue weighted by molar-refractivity contribution is 0.260. The molecule has 1 rings (SSSR count). The Morgan fingerprint density at radius 1 is 1.35 bits per heavy atom. The Morgan fingerprint density at radius 3 is 2.65 bits per heavy atom. The van der Waals surface area contributed by atoms with E-state index in [1.54, 1.807) is 6.20 Å². The Hall–Kier alpha value is -1.13. The van der Waals surface area contributed by atoms with Crippen molar-refractivity contribution in [3.8, 4) is 5.75 Å². The van der Waals surface area contributed by atoms with Crippen LogP contribution in [-0.4, -0.2) is 43.2 Å². The molecule has 0 amide bonds. The zero-order valence-corrected chi connectivity index (χ0v) is 11.2. The monoisotopic (exact) mass is 237 g/mol. The number of nitrogens with one attached hydrogen (secondary N) is 1. The van der Waals surface area contributed by atoms with Crippen LogP contribution in [-0.2, 0) is 6.54 Å². The van der Waals surface area contributed by atoms with E-state index in [2.05, 4.69) is 29.0 Å². The van der Waals surface area contributed by atoms with Crippen molar-refractivity contribution in [3.05, 3.63) is 24.0 Å². The molecule has 1 aromatic rings. The molecule has 1 aromatic heterocycles. The first kappa shape index (κ1) is 13.9. The SMILES string of the molecule is CC(C)NCc1ccc(OCCN(C)C)cn1. The van der Waals surface area contributed by atoms with E-state index in [9.17, 15) is 0 Å². The summed E-state index contributed by atoms with van der Waals surface area (Å²) in [5, 5.41) is 3.33. The van der Waals surface area contributed by atoms with Crippen molar-refractivity contribution >= 4 is 0 Å². The van der Waals surface area contributed by atoms with Gasteiger partial charge in [0.25, 0.3) is 0 Å². The smallest absolute Gasteiger partial charge is 0.137 e. The van der Waals surface area contributed by atoms with Gasteiger partial charge >= 0.3 is 0 Å². The Balaban J connectivity index is 2.34. The molecule has 1 heterocycles. The molecule has 0 bridgehead atoms. The summed E-state index contributed by atoms with van der Waals surface area (Å²) >= 11 is 0. The number of nitrogens with zero attached hydrogens (tertiary/aromatic N) is 2. The van der Waals surface area contributed by atoms with Crippen LogP contribution in [0.15, 0.2) is 18.3 Å². The van der Waals surface area contributed by atoms with Crippen LogP contribution in [0.3, 0.4) is 0 Å². The van der Waals surface area contributed by atoms with Crippen molar-refractivity contribution in [1.82, 2.24) is 15.2 Å². The number of rotatable bonds is 7. The number of pyridine rings is 1. The Kier molecular flexibility index (Phi) is 5.94. The van der Waals surface area contributed by atoms with Crippen molar-refractivity contribution < 1.29 is 4.74 Å². The van der Waals surface area contributed by atoms with Gasteiger partial charge in [-0.15, -0.1) is 0 Å². The highest BCUT2D eigenvalue weighted by molar-refractivity contribution is 5.19. The average Bonchev–Trinajstić information content (AvgIpc) is 2.27. The quantitative estimate of drug-likeness (QED) is 0.780. The first-order valence-electron chi connectivity index (χ1n) is 6.04. The van der Waals surface area contributed by atoms with Crippen LogP contribution in [0.2, 0.25) is 0 Å². The first-order chi connectivity index (χ1) is 8.08. The van der Waals surface area contributed by atoms with Gasteiger partial charge in [0, 0.05) is 19.1 Å². The van der Waals surface area contributed by atoms with Gasteiger partial charge in [-0.1, -0.05) is 13.8 Å². The largest absolute Gasteiger partial charge is 0.491 e. The molecule has 0 aliphatic rings. The van der Waals surface area contributed by atoms with Crippen molar-refractivity contribution in [2.45, 2.75) is 26.4 Å². The normalized spacial score (nSPS) is 11.2. The Labute approximate surface area is 104 Å². The lowest BCUT2D eigenvalue weighted by Crippen LogP contribution is -2.22. The van der Waals surface area contributed by atoms with E-state index < -0.39 is 0 Å². The standard InChI is InChI=1S/C13H23N3O/c1-11(2)14-9-12-5-6-13(10-15-12)17-8-7-16(3)4/h5-6,10-11,14H,7-9H2,1-4H3. The lowest BCUT2D eigenvalue weighted by Gasteiger charge is -2.11. The molecule has 0 radical (unpaired) electrons. The van der Waals surface area contributed by atoms with Crippen molar-refractivity contribution in [2.24, 2.45) is 0 Å². The van der Waals surface area contributed by atoms with Gasteiger partial charge in [-0.3, -0.25) is 4.98 Å². The van der Waals surface area contributed by atoms with Gasteiger partial charge < -0.3 is 15.0 Å². The van der Waals surface area contributed by atoms with Gasteiger partial charge in [-0.2, -0.15) is 0 Å². The summed E-state index contributed by atoms with van der Waals surface area (Å²) in [4.78, 5) is 6.44. The van der Waals surface area contributed by atoms with Crippen LogP contribution in [0.1, 0.15) is 19.5 Å². The highest BCUT2D eigenvalue weighted by Crippen LogP contribution is 2.08. The molecular formula is C13H23N3O. The van der Waals surface area contributed by atoms with E-state index >= 15 is 0 Å². The summed E-state index contributed by atoms with van der Waals surface area (Å²) in [5.74, 6) is 0.833. The third-order valence-corrected chi connectivity index (χ3v) is 2.30. The third-order valence-electron chi connectivity index (χ3n) is 2.30. The molecule has 0 aliphatic carbocycles. The van der Waals surface area contributed by atoms with Crippen LogP contribution in [0.4, 0.5) is 0 Å². The van der Waals surface area contributed by atoms with Gasteiger partial charge in [0.05, 0.1) is 11.9 Å². The van der Waals surface area contributed by atoms with Gasteiger partial charge in [0.2, 0.25) is 0 Å². The zero-order chi connectivity index (χ0) is 12.7. The maximum absolute atomic E-state index is 5.57. The minimum atomic E-state index is 0.479. The molecular weight excluding hydrogens is 214 g/mol. The maximum Gasteiger partial charge on any atom is 0.137 e. The summed E-state index contributed by atoms with van der Waals surface area (Å²) in [6, 6.07) is 4.45. The lowest BCUT2D eigenvalue weighted by atomic mass is 10.3. The molecule has 1 N–H and O–H groups in total. The number of ether oxygens (including phenoxy) is 1. The molecule has 0 atom stereocenters. The number of aromatic nitrogens is 1. The van der Waals surface area contributed by atoms with Crippen LogP contribution in [0.5, 0.6) is 5.75 Å². The molecule has 0 saturated carbocycles. The fourth-order valence-electron chi connectivity index (χ4n) is 1.26. The molecule has 0 aliphatic heterocycles. The van der Waals surface area contributed by atoms with Crippen LogP contribution >= 0.6 is 0 Å². The second kappa shape index (κ2) is 7.25. The first-order valence-corrected chi connectivity index (χ1v) is 6.04. The van der Waals surface area contributed by atoms with Crippen LogP contribution < -0.4 is 10.1 Å². The van der Waals surface area contributed by atoms with E-state index in [0.29, 0.717) is 12.6 Å². The fourth-order valence-corrected chi connectivity index (χ4v) is 1.26. The van der Waals surface area contributed by atoms with E-state index in [4.69, 9.17) is 4.74 Å². The van der Waals surface area contributed by atoms with Crippen LogP contribution in [0, 0.1) is 0 Å². The topological polar surface area (TPSA) is 37.4 Å². The van der Waals surface area contributed by atoms with Gasteiger partial charge in [-0.05, 0) is 26.2 Å². The molecule has 0 fully saturated rings. The van der Waals surface area contributed by atoms with Crippen molar-refractivity contribution in [1.29, 1.82) is 0 Å². The van der Waals surface area contributed by atoms with E-state index in [1.165, 1.54) is 0 Å². The summed E-state index contributed by atoms with van der Waals surface area (Å²) in [7, 11) is 4.06. The molecule has 96 valence electrons. The van der Waals surface area contributed by atoms with E-state index in [0.717, 1.165) is 24.5 Å². The molecule has 0 saturated heterocycles. The second-order valence-electron chi connectivity index (χ2n) is 4.67. The number of hydrogen-bond acceptors (Lipinski definition) is 4. The minimum Gasteiger partial charge on any atom is -0.491 e. The van der Waals surface area contributed by atoms with Crippen LogP contribution in [0.25, 0.3) is 0 Å². The van der Waals surface area contributed by atoms with E-state index in [1.807, 2.05) is 26.2 Å². The Morgan fingerprint density at radius 2 is 2.12 bits per heavy atom. The number of hydrogen-bond donors (Lipinski definition) is 1. The van der Waals surface area contributed by atoms with Gasteiger partial charge in [0.1, 0.15) is 12.4 Å². The van der Waals surface area contributed by atoms with Gasteiger partial charge in [0.15, 0.2) is 0 Å². The summed E-state index contributed by atoms with van der Waals surface area (Å²) in [5.41, 5.74) is 1.04. The summed E-state index contributed by atoms with van der Waals surface area (Å²) in [6.07, 6.45) is 1.78. The molecule has 17 heavy (non-hydrogen) atoms. The number of likely N-dealkylation sites (N-methyl/N-ethyl adjacent to an activating group) is 1. The maximum atomic E-state index is 5.57. The summed E-state index contributed by atoms with van der Waals surface area (Å²) < 4.78 is 5.57. The predicted molar refractivity (Wildman–Crippen MR) is 70.3 cm³/mol. The average molecular weight is 237 g/mol. The highest BCUT2D eigenvalue weighted by atomic mass is 16.5. The molecule has 4 nitrogen and oxygen atoms in total. The van der Waals surface area contributed by atoms with Crippen molar-refractivity contribution in [3.63, 3.8) is 0 Å². The third kappa shape index (κ3) is 6.24. The molecule has 4 heteroatoms. The summed E-state index contributed by atoms with van der Waals surface area (Å²) in [6.45, 7) is 6.65. The fraction of sp³-hybridized carbons (Fsp3) is 0.615. The molecule has 0 unspecified atom stereocenters. The van der Waals surface area contributed by atoms with Gasteiger partial charge in [-0.25, -0.2) is 0 Å². The Bertz CT molecular complexity index is 309.